The first-order valence-electron chi connectivity index (χ1n) is 7.55. The average Bonchev–Trinajstić information content (AvgIpc) is 2.47. The summed E-state index contributed by atoms with van der Waals surface area (Å²) >= 11 is 0. The highest BCUT2D eigenvalue weighted by atomic mass is 19.1. The van der Waals surface area contributed by atoms with Crippen molar-refractivity contribution >= 4 is 16.7 Å². The van der Waals surface area contributed by atoms with Gasteiger partial charge in [0.25, 0.3) is 0 Å². The number of hydrogen-bond donors (Lipinski definition) is 1. The molecule has 2 heterocycles. The van der Waals surface area contributed by atoms with Crippen LogP contribution in [0.1, 0.15) is 13.8 Å². The summed E-state index contributed by atoms with van der Waals surface area (Å²) < 4.78 is 19.4. The fourth-order valence-electron chi connectivity index (χ4n) is 2.83. The predicted octanol–water partition coefficient (Wildman–Crippen LogP) is 2.29. The first-order valence-corrected chi connectivity index (χ1v) is 7.55. The number of aromatic nitrogens is 2. The minimum atomic E-state index is -0.321. The number of morpholine rings is 1. The molecule has 22 heavy (non-hydrogen) atoms. The van der Waals surface area contributed by atoms with E-state index in [4.69, 9.17) is 4.74 Å². The van der Waals surface area contributed by atoms with Gasteiger partial charge in [0, 0.05) is 31.6 Å². The molecule has 1 aliphatic rings. The van der Waals surface area contributed by atoms with Crippen LogP contribution in [0, 0.1) is 5.82 Å². The van der Waals surface area contributed by atoms with Crippen molar-refractivity contribution in [2.24, 2.45) is 0 Å². The van der Waals surface area contributed by atoms with Gasteiger partial charge in [0.1, 0.15) is 23.5 Å². The van der Waals surface area contributed by atoms with Crippen LogP contribution in [0.4, 0.5) is 10.2 Å². The van der Waals surface area contributed by atoms with Gasteiger partial charge in [-0.3, -0.25) is 4.90 Å². The van der Waals surface area contributed by atoms with Crippen molar-refractivity contribution in [3.05, 3.63) is 30.3 Å². The number of halogens is 1. The number of benzene rings is 1. The van der Waals surface area contributed by atoms with Gasteiger partial charge in [-0.15, -0.1) is 0 Å². The molecular formula is C16H21FN4O. The molecule has 0 saturated carbocycles. The largest absolute Gasteiger partial charge is 0.373 e. The monoisotopic (exact) mass is 304 g/mol. The van der Waals surface area contributed by atoms with Crippen LogP contribution in [0.2, 0.25) is 0 Å². The standard InChI is InChI=1S/C16H21FN4O/c1-16(2)10-21(8-9-22-16)7-6-18-15-12-4-3-5-13(17)14(12)19-11-20-15/h3-5,11H,6-10H2,1-2H3,(H,18,19,20). The second-order valence-corrected chi connectivity index (χ2v) is 6.17. The SMILES string of the molecule is CC1(C)CN(CCNc2ncnc3c(F)cccc23)CCO1. The number of nitrogens with zero attached hydrogens (tertiary/aromatic N) is 3. The summed E-state index contributed by atoms with van der Waals surface area (Å²) in [6, 6.07) is 4.92. The smallest absolute Gasteiger partial charge is 0.149 e. The molecule has 0 radical (unpaired) electrons. The van der Waals surface area contributed by atoms with Crippen LogP contribution >= 0.6 is 0 Å². The van der Waals surface area contributed by atoms with Gasteiger partial charge in [-0.05, 0) is 26.0 Å². The lowest BCUT2D eigenvalue weighted by Gasteiger charge is -2.38. The normalized spacial score (nSPS) is 18.5. The highest BCUT2D eigenvalue weighted by molar-refractivity contribution is 5.89. The number of fused-ring (bicyclic) bond motifs is 1. The topological polar surface area (TPSA) is 50.3 Å². The summed E-state index contributed by atoms with van der Waals surface area (Å²) in [5, 5.41) is 4.00. The Kier molecular flexibility index (Phi) is 4.22. The molecule has 5 nitrogen and oxygen atoms in total. The molecule has 0 atom stereocenters. The van der Waals surface area contributed by atoms with E-state index >= 15 is 0 Å². The first-order chi connectivity index (χ1) is 10.6. The van der Waals surface area contributed by atoms with E-state index in [9.17, 15) is 4.39 Å². The molecule has 0 unspecified atom stereocenters. The summed E-state index contributed by atoms with van der Waals surface area (Å²) in [5.41, 5.74) is 0.260. The van der Waals surface area contributed by atoms with Crippen LogP contribution in [0.3, 0.4) is 0 Å². The zero-order valence-corrected chi connectivity index (χ0v) is 13.0. The fourth-order valence-corrected chi connectivity index (χ4v) is 2.83. The zero-order chi connectivity index (χ0) is 15.6. The van der Waals surface area contributed by atoms with Crippen molar-refractivity contribution in [3.63, 3.8) is 0 Å². The summed E-state index contributed by atoms with van der Waals surface area (Å²) in [6.07, 6.45) is 1.39. The molecule has 2 aromatic rings. The predicted molar refractivity (Wildman–Crippen MR) is 84.5 cm³/mol. The highest BCUT2D eigenvalue weighted by Crippen LogP contribution is 2.21. The van der Waals surface area contributed by atoms with E-state index in [-0.39, 0.29) is 11.4 Å². The Bertz CT molecular complexity index is 662. The van der Waals surface area contributed by atoms with Crippen LogP contribution < -0.4 is 5.32 Å². The summed E-state index contributed by atoms with van der Waals surface area (Å²) in [4.78, 5) is 10.6. The Morgan fingerprint density at radius 3 is 3.05 bits per heavy atom. The van der Waals surface area contributed by atoms with E-state index in [0.717, 1.165) is 32.8 Å². The van der Waals surface area contributed by atoms with E-state index in [1.807, 2.05) is 6.07 Å². The lowest BCUT2D eigenvalue weighted by molar-refractivity contribution is -0.0848. The number of para-hydroxylation sites is 1. The van der Waals surface area contributed by atoms with Crippen LogP contribution in [-0.4, -0.2) is 53.3 Å². The number of anilines is 1. The quantitative estimate of drug-likeness (QED) is 0.939. The number of hydrogen-bond acceptors (Lipinski definition) is 5. The van der Waals surface area contributed by atoms with E-state index in [2.05, 4.69) is 34.0 Å². The van der Waals surface area contributed by atoms with Gasteiger partial charge in [-0.25, -0.2) is 14.4 Å². The van der Waals surface area contributed by atoms with Crippen LogP contribution in [0.5, 0.6) is 0 Å². The number of rotatable bonds is 4. The molecule has 0 amide bonds. The molecule has 1 fully saturated rings. The maximum absolute atomic E-state index is 13.7. The second kappa shape index (κ2) is 6.14. The van der Waals surface area contributed by atoms with Crippen LogP contribution in [0.25, 0.3) is 10.9 Å². The molecule has 0 aliphatic carbocycles. The molecule has 1 N–H and O–H groups in total. The summed E-state index contributed by atoms with van der Waals surface area (Å²) in [6.45, 7) is 8.46. The number of ether oxygens (including phenoxy) is 1. The van der Waals surface area contributed by atoms with Crippen LogP contribution in [0.15, 0.2) is 24.5 Å². The van der Waals surface area contributed by atoms with Gasteiger partial charge in [-0.1, -0.05) is 6.07 Å². The molecule has 3 rings (SSSR count). The van der Waals surface area contributed by atoms with Crippen molar-refractivity contribution < 1.29 is 9.13 Å². The van der Waals surface area contributed by atoms with Crippen molar-refractivity contribution in [2.45, 2.75) is 19.4 Å². The maximum Gasteiger partial charge on any atom is 0.149 e. The van der Waals surface area contributed by atoms with Crippen molar-refractivity contribution in [1.82, 2.24) is 14.9 Å². The van der Waals surface area contributed by atoms with Gasteiger partial charge in [0.2, 0.25) is 0 Å². The van der Waals surface area contributed by atoms with E-state index in [1.54, 1.807) is 6.07 Å². The third-order valence-electron chi connectivity index (χ3n) is 3.84. The van der Waals surface area contributed by atoms with Crippen molar-refractivity contribution in [1.29, 1.82) is 0 Å². The Hall–Kier alpha value is -1.79. The van der Waals surface area contributed by atoms with E-state index in [0.29, 0.717) is 16.7 Å². The summed E-state index contributed by atoms with van der Waals surface area (Å²) in [7, 11) is 0. The first kappa shape index (κ1) is 15.1. The van der Waals surface area contributed by atoms with E-state index < -0.39 is 0 Å². The number of nitrogens with one attached hydrogen (secondary N) is 1. The Labute approximate surface area is 129 Å². The van der Waals surface area contributed by atoms with Gasteiger partial charge in [0.05, 0.1) is 12.2 Å². The second-order valence-electron chi connectivity index (χ2n) is 6.17. The molecule has 1 aromatic heterocycles. The van der Waals surface area contributed by atoms with Gasteiger partial charge < -0.3 is 10.1 Å². The van der Waals surface area contributed by atoms with Crippen molar-refractivity contribution in [2.75, 3.05) is 38.1 Å². The van der Waals surface area contributed by atoms with E-state index in [1.165, 1.54) is 12.4 Å². The lowest BCUT2D eigenvalue weighted by Crippen LogP contribution is -2.49. The molecule has 1 aliphatic heterocycles. The minimum absolute atomic E-state index is 0.0943. The average molecular weight is 304 g/mol. The molecule has 1 aromatic carbocycles. The van der Waals surface area contributed by atoms with Gasteiger partial charge in [-0.2, -0.15) is 0 Å². The Balaban J connectivity index is 1.64. The fraction of sp³-hybridized carbons (Fsp3) is 0.500. The zero-order valence-electron chi connectivity index (χ0n) is 13.0. The molecule has 0 spiro atoms. The highest BCUT2D eigenvalue weighted by Gasteiger charge is 2.26. The van der Waals surface area contributed by atoms with Gasteiger partial charge in [0.15, 0.2) is 0 Å². The Morgan fingerprint density at radius 2 is 2.23 bits per heavy atom. The van der Waals surface area contributed by atoms with Crippen LogP contribution in [-0.2, 0) is 4.74 Å². The third kappa shape index (κ3) is 3.34. The molecule has 118 valence electrons. The van der Waals surface area contributed by atoms with Crippen molar-refractivity contribution in [3.8, 4) is 0 Å². The molecule has 1 saturated heterocycles. The third-order valence-corrected chi connectivity index (χ3v) is 3.84. The summed E-state index contributed by atoms with van der Waals surface area (Å²) in [5.74, 6) is 0.356. The maximum atomic E-state index is 13.7. The van der Waals surface area contributed by atoms with Gasteiger partial charge >= 0.3 is 0 Å². The minimum Gasteiger partial charge on any atom is -0.373 e. The molecule has 6 heteroatoms. The molecular weight excluding hydrogens is 283 g/mol. The lowest BCUT2D eigenvalue weighted by atomic mass is 10.1. The molecule has 0 bridgehead atoms. The Morgan fingerprint density at radius 1 is 1.36 bits per heavy atom.